The molecule has 1 aliphatic rings. The van der Waals surface area contributed by atoms with E-state index in [1.807, 2.05) is 0 Å². The number of fused-ring (bicyclic) bond motifs is 1. The molecule has 0 radical (unpaired) electrons. The summed E-state index contributed by atoms with van der Waals surface area (Å²) < 4.78 is 2.35. The van der Waals surface area contributed by atoms with Crippen molar-refractivity contribution in [2.75, 3.05) is 32.7 Å². The van der Waals surface area contributed by atoms with Crippen molar-refractivity contribution in [2.45, 2.75) is 26.3 Å². The van der Waals surface area contributed by atoms with Gasteiger partial charge in [0.1, 0.15) is 5.82 Å². The molecule has 0 atom stereocenters. The smallest absolute Gasteiger partial charge is 0.109 e. The van der Waals surface area contributed by atoms with Crippen LogP contribution in [0.4, 0.5) is 0 Å². The molecule has 4 nitrogen and oxygen atoms in total. The Morgan fingerprint density at radius 3 is 2.80 bits per heavy atom. The Hall–Kier alpha value is -1.39. The average Bonchev–Trinajstić information content (AvgIpc) is 2.86. The minimum atomic E-state index is 1.00. The minimum Gasteiger partial charge on any atom is -0.328 e. The van der Waals surface area contributed by atoms with Crippen molar-refractivity contribution < 1.29 is 0 Å². The molecule has 4 heteroatoms. The summed E-state index contributed by atoms with van der Waals surface area (Å²) in [6, 6.07) is 8.45. The third kappa shape index (κ3) is 2.86. The highest BCUT2D eigenvalue weighted by molar-refractivity contribution is 5.75. The van der Waals surface area contributed by atoms with Crippen LogP contribution in [0, 0.1) is 0 Å². The van der Waals surface area contributed by atoms with Gasteiger partial charge in [0, 0.05) is 39.1 Å². The molecule has 0 spiro atoms. The molecule has 0 amide bonds. The van der Waals surface area contributed by atoms with Gasteiger partial charge in [0.25, 0.3) is 0 Å². The Labute approximate surface area is 120 Å². The molecule has 1 aromatic carbocycles. The van der Waals surface area contributed by atoms with E-state index >= 15 is 0 Å². The van der Waals surface area contributed by atoms with E-state index in [4.69, 9.17) is 4.98 Å². The first kappa shape index (κ1) is 13.6. The summed E-state index contributed by atoms with van der Waals surface area (Å²) in [5.74, 6) is 1.24. The fourth-order valence-corrected chi connectivity index (χ4v) is 3.06. The molecular weight excluding hydrogens is 248 g/mol. The summed E-state index contributed by atoms with van der Waals surface area (Å²) in [5.41, 5.74) is 2.40. The molecule has 1 N–H and O–H groups in total. The number of imidazole rings is 1. The van der Waals surface area contributed by atoms with Crippen LogP contribution >= 0.6 is 0 Å². The SMILES string of the molecule is CCn1c(CCCN2CCNCC2)nc2ccccc21. The number of aromatic nitrogens is 2. The van der Waals surface area contributed by atoms with Gasteiger partial charge >= 0.3 is 0 Å². The largest absolute Gasteiger partial charge is 0.328 e. The lowest BCUT2D eigenvalue weighted by atomic mass is 10.2. The maximum Gasteiger partial charge on any atom is 0.109 e. The lowest BCUT2D eigenvalue weighted by molar-refractivity contribution is 0.238. The second-order valence-electron chi connectivity index (χ2n) is 5.46. The number of nitrogens with zero attached hydrogens (tertiary/aromatic N) is 3. The van der Waals surface area contributed by atoms with Gasteiger partial charge in [-0.2, -0.15) is 0 Å². The number of hydrogen-bond donors (Lipinski definition) is 1. The number of nitrogens with one attached hydrogen (secondary N) is 1. The zero-order valence-electron chi connectivity index (χ0n) is 12.3. The second-order valence-corrected chi connectivity index (χ2v) is 5.46. The van der Waals surface area contributed by atoms with E-state index in [0.29, 0.717) is 0 Å². The predicted molar refractivity (Wildman–Crippen MR) is 83.0 cm³/mol. The summed E-state index contributed by atoms with van der Waals surface area (Å²) in [4.78, 5) is 7.35. The summed E-state index contributed by atoms with van der Waals surface area (Å²) in [6.07, 6.45) is 2.27. The van der Waals surface area contributed by atoms with Crippen molar-refractivity contribution in [1.29, 1.82) is 0 Å². The minimum absolute atomic E-state index is 1.00. The predicted octanol–water partition coefficient (Wildman–Crippen LogP) is 1.89. The van der Waals surface area contributed by atoms with E-state index in [1.165, 1.54) is 37.4 Å². The van der Waals surface area contributed by atoms with Gasteiger partial charge in [-0.1, -0.05) is 12.1 Å². The highest BCUT2D eigenvalue weighted by Crippen LogP contribution is 2.17. The van der Waals surface area contributed by atoms with Crippen molar-refractivity contribution in [3.63, 3.8) is 0 Å². The molecule has 0 aliphatic carbocycles. The number of piperazine rings is 1. The molecule has 1 fully saturated rings. The third-order valence-electron chi connectivity index (χ3n) is 4.13. The average molecular weight is 272 g/mol. The van der Waals surface area contributed by atoms with Gasteiger partial charge in [0.05, 0.1) is 11.0 Å². The molecule has 2 heterocycles. The van der Waals surface area contributed by atoms with Crippen LogP contribution in [0.2, 0.25) is 0 Å². The van der Waals surface area contributed by atoms with Crippen molar-refractivity contribution in [1.82, 2.24) is 19.8 Å². The Kier molecular flexibility index (Phi) is 4.33. The van der Waals surface area contributed by atoms with Crippen molar-refractivity contribution >= 4 is 11.0 Å². The standard InChI is InChI=1S/C16H24N4/c1-2-20-15-7-4-3-6-14(15)18-16(20)8-5-11-19-12-9-17-10-13-19/h3-4,6-7,17H,2,5,8-13H2,1H3. The van der Waals surface area contributed by atoms with Gasteiger partial charge in [0.15, 0.2) is 0 Å². The fourth-order valence-electron chi connectivity index (χ4n) is 3.06. The first-order chi connectivity index (χ1) is 9.88. The molecule has 1 aromatic heterocycles. The first-order valence-electron chi connectivity index (χ1n) is 7.75. The second kappa shape index (κ2) is 6.37. The maximum absolute atomic E-state index is 4.80. The maximum atomic E-state index is 4.80. The van der Waals surface area contributed by atoms with Crippen LogP contribution in [0.1, 0.15) is 19.2 Å². The number of benzene rings is 1. The monoisotopic (exact) mass is 272 g/mol. The number of para-hydroxylation sites is 2. The molecule has 3 rings (SSSR count). The van der Waals surface area contributed by atoms with E-state index in [-0.39, 0.29) is 0 Å². The molecule has 0 saturated carbocycles. The summed E-state index contributed by atoms with van der Waals surface area (Å²) >= 11 is 0. The zero-order valence-corrected chi connectivity index (χ0v) is 12.3. The Morgan fingerprint density at radius 1 is 1.20 bits per heavy atom. The van der Waals surface area contributed by atoms with E-state index < -0.39 is 0 Å². The van der Waals surface area contributed by atoms with Crippen LogP contribution in [0.15, 0.2) is 24.3 Å². The van der Waals surface area contributed by atoms with Crippen molar-refractivity contribution in [2.24, 2.45) is 0 Å². The highest BCUT2D eigenvalue weighted by Gasteiger charge is 2.11. The summed E-state index contributed by atoms with van der Waals surface area (Å²) in [6.45, 7) is 9.03. The topological polar surface area (TPSA) is 33.1 Å². The molecule has 108 valence electrons. The number of aryl methyl sites for hydroxylation is 2. The Morgan fingerprint density at radius 2 is 2.00 bits per heavy atom. The van der Waals surface area contributed by atoms with E-state index in [0.717, 1.165) is 31.6 Å². The molecular formula is C16H24N4. The van der Waals surface area contributed by atoms with Gasteiger partial charge in [-0.3, -0.25) is 0 Å². The molecule has 1 aliphatic heterocycles. The van der Waals surface area contributed by atoms with Crippen molar-refractivity contribution in [3.05, 3.63) is 30.1 Å². The van der Waals surface area contributed by atoms with Gasteiger partial charge in [-0.05, 0) is 32.0 Å². The van der Waals surface area contributed by atoms with Gasteiger partial charge in [-0.25, -0.2) is 4.98 Å². The molecule has 0 unspecified atom stereocenters. The van der Waals surface area contributed by atoms with Crippen LogP contribution in [-0.4, -0.2) is 47.2 Å². The first-order valence-corrected chi connectivity index (χ1v) is 7.75. The Balaban J connectivity index is 1.64. The quantitative estimate of drug-likeness (QED) is 0.902. The summed E-state index contributed by atoms with van der Waals surface area (Å²) in [5, 5.41) is 3.40. The van der Waals surface area contributed by atoms with Crippen LogP contribution in [-0.2, 0) is 13.0 Å². The van der Waals surface area contributed by atoms with Crippen molar-refractivity contribution in [3.8, 4) is 0 Å². The normalized spacial score (nSPS) is 16.9. The molecule has 20 heavy (non-hydrogen) atoms. The van der Waals surface area contributed by atoms with E-state index in [1.54, 1.807) is 0 Å². The lowest BCUT2D eigenvalue weighted by Gasteiger charge is -2.26. The van der Waals surface area contributed by atoms with Crippen LogP contribution in [0.5, 0.6) is 0 Å². The molecule has 1 saturated heterocycles. The highest BCUT2D eigenvalue weighted by atomic mass is 15.2. The van der Waals surface area contributed by atoms with Crippen LogP contribution in [0.3, 0.4) is 0 Å². The van der Waals surface area contributed by atoms with E-state index in [2.05, 4.69) is 46.0 Å². The third-order valence-corrected chi connectivity index (χ3v) is 4.13. The lowest BCUT2D eigenvalue weighted by Crippen LogP contribution is -2.43. The van der Waals surface area contributed by atoms with Gasteiger partial charge in [0.2, 0.25) is 0 Å². The van der Waals surface area contributed by atoms with Gasteiger partial charge < -0.3 is 14.8 Å². The number of rotatable bonds is 5. The number of hydrogen-bond acceptors (Lipinski definition) is 3. The van der Waals surface area contributed by atoms with Crippen LogP contribution < -0.4 is 5.32 Å². The Bertz CT molecular complexity index is 555. The van der Waals surface area contributed by atoms with Gasteiger partial charge in [-0.15, -0.1) is 0 Å². The molecule has 2 aromatic rings. The summed E-state index contributed by atoms with van der Waals surface area (Å²) in [7, 11) is 0. The fraction of sp³-hybridized carbons (Fsp3) is 0.562. The molecule has 0 bridgehead atoms. The van der Waals surface area contributed by atoms with Crippen LogP contribution in [0.25, 0.3) is 11.0 Å². The van der Waals surface area contributed by atoms with E-state index in [9.17, 15) is 0 Å². The zero-order chi connectivity index (χ0) is 13.8.